The van der Waals surface area contributed by atoms with Crippen LogP contribution in [0.1, 0.15) is 10.4 Å². The van der Waals surface area contributed by atoms with Crippen molar-refractivity contribution in [3.63, 3.8) is 0 Å². The molecule has 0 saturated carbocycles. The number of aliphatic hydroxyl groups excluding tert-OH is 1. The lowest BCUT2D eigenvalue weighted by molar-refractivity contribution is 0.0560. The van der Waals surface area contributed by atoms with Gasteiger partial charge in [0.15, 0.2) is 17.3 Å². The zero-order chi connectivity index (χ0) is 19.6. The van der Waals surface area contributed by atoms with Crippen LogP contribution in [0.2, 0.25) is 0 Å². The van der Waals surface area contributed by atoms with Gasteiger partial charge >= 0.3 is 0 Å². The second-order valence-corrected chi connectivity index (χ2v) is 6.29. The Morgan fingerprint density at radius 2 is 1.54 bits per heavy atom. The van der Waals surface area contributed by atoms with Crippen molar-refractivity contribution < 1.29 is 28.8 Å². The largest absolute Gasteiger partial charge is 0.493 e. The van der Waals surface area contributed by atoms with Gasteiger partial charge in [-0.05, 0) is 12.1 Å². The van der Waals surface area contributed by atoms with E-state index >= 15 is 0 Å². The van der Waals surface area contributed by atoms with Gasteiger partial charge in [-0.2, -0.15) is 0 Å². The smallest absolute Gasteiger partial charge is 0.203 e. The molecule has 0 bridgehead atoms. The Kier molecular flexibility index (Phi) is 11.4. The standard InChI is InChI=1S/C19H30N2O6.BrH/c1-24-17-12-15(13-18(25-2)19(17)26-3)16(23)14-21-6-4-20(5-7-21)8-10-27-11-9-22;/h12-13,22H,4-11,14H2,1-3H3;1H. The molecule has 1 aromatic rings. The van der Waals surface area contributed by atoms with Gasteiger partial charge in [0, 0.05) is 38.3 Å². The summed E-state index contributed by atoms with van der Waals surface area (Å²) >= 11 is 0. The second-order valence-electron chi connectivity index (χ2n) is 6.29. The molecule has 0 aromatic heterocycles. The summed E-state index contributed by atoms with van der Waals surface area (Å²) in [5.41, 5.74) is 0.546. The van der Waals surface area contributed by atoms with Crippen molar-refractivity contribution >= 4 is 22.8 Å². The summed E-state index contributed by atoms with van der Waals surface area (Å²) in [6, 6.07) is 3.39. The molecule has 1 saturated heterocycles. The number of rotatable bonds is 11. The number of aliphatic hydroxyl groups is 1. The van der Waals surface area contributed by atoms with Crippen molar-refractivity contribution in [1.82, 2.24) is 9.80 Å². The van der Waals surface area contributed by atoms with Gasteiger partial charge in [0.25, 0.3) is 0 Å². The van der Waals surface area contributed by atoms with E-state index in [1.54, 1.807) is 12.1 Å². The van der Waals surface area contributed by atoms with Gasteiger partial charge in [0.2, 0.25) is 5.75 Å². The van der Waals surface area contributed by atoms with Crippen LogP contribution >= 0.6 is 17.0 Å². The highest BCUT2D eigenvalue weighted by molar-refractivity contribution is 8.93. The molecule has 0 unspecified atom stereocenters. The minimum Gasteiger partial charge on any atom is -0.493 e. The van der Waals surface area contributed by atoms with E-state index in [1.807, 2.05) is 0 Å². The molecule has 1 fully saturated rings. The van der Waals surface area contributed by atoms with E-state index in [-0.39, 0.29) is 29.4 Å². The molecule has 28 heavy (non-hydrogen) atoms. The molecule has 1 aromatic carbocycles. The lowest BCUT2D eigenvalue weighted by Gasteiger charge is -2.34. The Labute approximate surface area is 177 Å². The van der Waals surface area contributed by atoms with E-state index in [2.05, 4.69) is 9.80 Å². The average Bonchev–Trinajstić information content (AvgIpc) is 2.71. The normalized spacial score (nSPS) is 15.0. The van der Waals surface area contributed by atoms with Gasteiger partial charge in [-0.1, -0.05) is 0 Å². The molecular formula is C19H31BrN2O6. The third-order valence-electron chi connectivity index (χ3n) is 4.61. The number of hydrogen-bond acceptors (Lipinski definition) is 8. The summed E-state index contributed by atoms with van der Waals surface area (Å²) in [6.07, 6.45) is 0. The lowest BCUT2D eigenvalue weighted by atomic mass is 10.1. The first-order valence-corrected chi connectivity index (χ1v) is 9.09. The van der Waals surface area contributed by atoms with Crippen LogP contribution in [0.3, 0.4) is 0 Å². The van der Waals surface area contributed by atoms with Crippen molar-refractivity contribution in [3.05, 3.63) is 17.7 Å². The maximum Gasteiger partial charge on any atom is 0.203 e. The third-order valence-corrected chi connectivity index (χ3v) is 4.61. The molecule has 0 amide bonds. The zero-order valence-electron chi connectivity index (χ0n) is 16.8. The van der Waals surface area contributed by atoms with Gasteiger partial charge in [-0.15, -0.1) is 17.0 Å². The van der Waals surface area contributed by atoms with Crippen LogP contribution in [0.15, 0.2) is 12.1 Å². The highest BCUT2D eigenvalue weighted by Crippen LogP contribution is 2.38. The SMILES string of the molecule is Br.COc1cc(C(=O)CN2CCN(CCOCCO)CC2)cc(OC)c1OC. The Morgan fingerprint density at radius 1 is 0.964 bits per heavy atom. The van der Waals surface area contributed by atoms with Gasteiger partial charge in [0.1, 0.15) is 0 Å². The molecule has 0 aliphatic carbocycles. The highest BCUT2D eigenvalue weighted by atomic mass is 79.9. The monoisotopic (exact) mass is 462 g/mol. The number of piperazine rings is 1. The van der Waals surface area contributed by atoms with Gasteiger partial charge < -0.3 is 24.1 Å². The van der Waals surface area contributed by atoms with Crippen LogP contribution < -0.4 is 14.2 Å². The number of carbonyl (C=O) groups is 1. The summed E-state index contributed by atoms with van der Waals surface area (Å²) in [7, 11) is 4.61. The van der Waals surface area contributed by atoms with Crippen LogP contribution in [0.5, 0.6) is 17.2 Å². The number of benzene rings is 1. The maximum atomic E-state index is 12.7. The van der Waals surface area contributed by atoms with E-state index in [1.165, 1.54) is 21.3 Å². The Hall–Kier alpha value is -1.39. The predicted molar refractivity (Wildman–Crippen MR) is 112 cm³/mol. The van der Waals surface area contributed by atoms with Gasteiger partial charge in [0.05, 0.1) is 47.7 Å². The first-order valence-electron chi connectivity index (χ1n) is 9.09. The fourth-order valence-electron chi connectivity index (χ4n) is 3.07. The van der Waals surface area contributed by atoms with E-state index in [9.17, 15) is 4.79 Å². The van der Waals surface area contributed by atoms with Crippen molar-refractivity contribution in [3.8, 4) is 17.2 Å². The summed E-state index contributed by atoms with van der Waals surface area (Å²) in [6.45, 7) is 5.69. The van der Waals surface area contributed by atoms with Crippen LogP contribution in [-0.4, -0.2) is 101 Å². The van der Waals surface area contributed by atoms with Crippen LogP contribution in [0, 0.1) is 0 Å². The number of nitrogens with zero attached hydrogens (tertiary/aromatic N) is 2. The quantitative estimate of drug-likeness (QED) is 0.386. The molecule has 160 valence electrons. The minimum atomic E-state index is 0. The predicted octanol–water partition coefficient (Wildman–Crippen LogP) is 1.10. The first kappa shape index (κ1) is 24.6. The number of hydrogen-bond donors (Lipinski definition) is 1. The van der Waals surface area contributed by atoms with Gasteiger partial charge in [-0.3, -0.25) is 14.6 Å². The molecule has 0 spiro atoms. The van der Waals surface area contributed by atoms with Crippen molar-refractivity contribution in [1.29, 1.82) is 0 Å². The fraction of sp³-hybridized carbons (Fsp3) is 0.632. The van der Waals surface area contributed by atoms with Crippen LogP contribution in [0.4, 0.5) is 0 Å². The Bertz CT molecular complexity index is 583. The topological polar surface area (TPSA) is 80.7 Å². The highest BCUT2D eigenvalue weighted by Gasteiger charge is 2.22. The zero-order valence-corrected chi connectivity index (χ0v) is 18.5. The molecule has 0 atom stereocenters. The molecule has 1 aliphatic heterocycles. The molecule has 1 N–H and O–H groups in total. The number of Topliss-reactive ketones (excluding diaryl/α,β-unsaturated/α-hetero) is 1. The molecule has 8 nitrogen and oxygen atoms in total. The van der Waals surface area contributed by atoms with E-state index < -0.39 is 0 Å². The van der Waals surface area contributed by atoms with Crippen molar-refractivity contribution in [2.24, 2.45) is 0 Å². The van der Waals surface area contributed by atoms with Gasteiger partial charge in [-0.25, -0.2) is 0 Å². The summed E-state index contributed by atoms with van der Waals surface area (Å²) < 4.78 is 21.3. The summed E-state index contributed by atoms with van der Waals surface area (Å²) in [4.78, 5) is 17.2. The Balaban J connectivity index is 0.00000392. The number of ketones is 1. The molecule has 1 heterocycles. The van der Waals surface area contributed by atoms with Crippen molar-refractivity contribution in [2.45, 2.75) is 0 Å². The van der Waals surface area contributed by atoms with Crippen LogP contribution in [0.25, 0.3) is 0 Å². The molecular weight excluding hydrogens is 432 g/mol. The number of ether oxygens (including phenoxy) is 4. The van der Waals surface area contributed by atoms with E-state index in [0.717, 1.165) is 32.7 Å². The summed E-state index contributed by atoms with van der Waals surface area (Å²) in [5, 5.41) is 8.71. The van der Waals surface area contributed by atoms with Crippen molar-refractivity contribution in [2.75, 3.05) is 80.4 Å². The second kappa shape index (κ2) is 12.9. The number of carbonyl (C=O) groups excluding carboxylic acids is 1. The molecule has 9 heteroatoms. The van der Waals surface area contributed by atoms with E-state index in [0.29, 0.717) is 42.6 Å². The maximum absolute atomic E-state index is 12.7. The fourth-order valence-corrected chi connectivity index (χ4v) is 3.07. The average molecular weight is 463 g/mol. The molecule has 2 rings (SSSR count). The molecule has 1 aliphatic rings. The summed E-state index contributed by atoms with van der Waals surface area (Å²) in [5.74, 6) is 1.46. The first-order chi connectivity index (χ1) is 13.1. The van der Waals surface area contributed by atoms with E-state index in [4.69, 9.17) is 24.1 Å². The minimum absolute atomic E-state index is 0. The number of halogens is 1. The number of methoxy groups -OCH3 is 3. The Morgan fingerprint density at radius 3 is 2.04 bits per heavy atom. The van der Waals surface area contributed by atoms with Crippen LogP contribution in [-0.2, 0) is 4.74 Å². The molecule has 0 radical (unpaired) electrons. The lowest BCUT2D eigenvalue weighted by Crippen LogP contribution is -2.48. The third kappa shape index (κ3) is 6.89.